The quantitative estimate of drug-likeness (QED) is 0.833. The number of piperidine rings is 1. The minimum atomic E-state index is -1.15. The molecule has 0 unspecified atom stereocenters. The molecule has 28 heavy (non-hydrogen) atoms. The van der Waals surface area contributed by atoms with Gasteiger partial charge in [0.15, 0.2) is 6.04 Å². The Hall–Kier alpha value is -2.48. The molecule has 2 aliphatic heterocycles. The normalized spacial score (nSPS) is 21.8. The van der Waals surface area contributed by atoms with E-state index in [2.05, 4.69) is 0 Å². The molecule has 152 valence electrons. The summed E-state index contributed by atoms with van der Waals surface area (Å²) in [6, 6.07) is 3.87. The second kappa shape index (κ2) is 7.16. The molecule has 1 spiro atoms. The molecule has 0 aliphatic carbocycles. The van der Waals surface area contributed by atoms with E-state index >= 15 is 0 Å². The number of hydrogen-bond acceptors (Lipinski definition) is 4. The van der Waals surface area contributed by atoms with E-state index in [1.54, 1.807) is 4.90 Å². The second-order valence-corrected chi connectivity index (χ2v) is 8.34. The van der Waals surface area contributed by atoms with E-state index in [9.17, 15) is 23.9 Å². The number of carbonyl (C=O) groups is 3. The van der Waals surface area contributed by atoms with E-state index in [4.69, 9.17) is 4.74 Å². The molecule has 2 fully saturated rings. The molecule has 1 N–H and O–H groups in total. The van der Waals surface area contributed by atoms with E-state index < -0.39 is 34.9 Å². The van der Waals surface area contributed by atoms with Gasteiger partial charge in [-0.3, -0.25) is 14.5 Å². The topological polar surface area (TPSA) is 87.2 Å². The van der Waals surface area contributed by atoms with Crippen LogP contribution in [0, 0.1) is 11.2 Å². The molecule has 1 aromatic carbocycles. The van der Waals surface area contributed by atoms with Gasteiger partial charge in [0.2, 0.25) is 5.91 Å². The lowest BCUT2D eigenvalue weighted by atomic mass is 9.91. The highest BCUT2D eigenvalue weighted by molar-refractivity contribution is 5.97. The molecule has 0 saturated carbocycles. The maximum absolute atomic E-state index is 13.2. The third-order valence-electron chi connectivity index (χ3n) is 5.33. The van der Waals surface area contributed by atoms with Gasteiger partial charge in [-0.2, -0.15) is 0 Å². The number of nitrogens with zero attached hydrogens (tertiary/aromatic N) is 2. The molecule has 2 amide bonds. The predicted molar refractivity (Wildman–Crippen MR) is 97.9 cm³/mol. The van der Waals surface area contributed by atoms with Gasteiger partial charge in [0.05, 0.1) is 6.61 Å². The van der Waals surface area contributed by atoms with Crippen molar-refractivity contribution in [3.8, 4) is 0 Å². The van der Waals surface area contributed by atoms with Crippen molar-refractivity contribution in [1.29, 1.82) is 0 Å². The molecule has 1 aromatic rings. The fourth-order valence-electron chi connectivity index (χ4n) is 3.82. The molecule has 2 aliphatic rings. The lowest BCUT2D eigenvalue weighted by Gasteiger charge is -2.45. The molecule has 0 bridgehead atoms. The average molecular weight is 392 g/mol. The van der Waals surface area contributed by atoms with Gasteiger partial charge < -0.3 is 14.7 Å². The summed E-state index contributed by atoms with van der Waals surface area (Å²) in [6.45, 7) is 6.16. The van der Waals surface area contributed by atoms with Crippen LogP contribution in [-0.4, -0.2) is 64.2 Å². The largest absolute Gasteiger partial charge is 0.480 e. The Balaban J connectivity index is 1.86. The second-order valence-electron chi connectivity index (χ2n) is 8.34. The molecular weight excluding hydrogens is 367 g/mol. The number of benzene rings is 1. The summed E-state index contributed by atoms with van der Waals surface area (Å²) < 4.78 is 19.1. The molecule has 1 atom stereocenters. The Bertz CT molecular complexity index is 779. The van der Waals surface area contributed by atoms with Crippen molar-refractivity contribution >= 4 is 17.8 Å². The predicted octanol–water partition coefficient (Wildman–Crippen LogP) is 2.12. The number of aliphatic carboxylic acids is 1. The van der Waals surface area contributed by atoms with E-state index in [1.807, 2.05) is 20.8 Å². The highest BCUT2D eigenvalue weighted by Gasteiger charge is 2.54. The molecular formula is C20H25FN2O5. The maximum Gasteiger partial charge on any atom is 0.328 e. The summed E-state index contributed by atoms with van der Waals surface area (Å²) in [6.07, 6.45) is 0.650. The van der Waals surface area contributed by atoms with Crippen LogP contribution in [0.25, 0.3) is 0 Å². The SMILES string of the molecule is CC(C)(C)C(=O)N1CCC2(CC1)OC[C@@H](C(=O)O)N2C(=O)c1ccc(F)cc1. The lowest BCUT2D eigenvalue weighted by Crippen LogP contribution is -2.59. The monoisotopic (exact) mass is 392 g/mol. The Kier molecular flexibility index (Phi) is 5.18. The zero-order valence-electron chi connectivity index (χ0n) is 16.3. The van der Waals surface area contributed by atoms with Gasteiger partial charge in [-0.15, -0.1) is 0 Å². The minimum absolute atomic E-state index is 0.00606. The fourth-order valence-corrected chi connectivity index (χ4v) is 3.82. The lowest BCUT2D eigenvalue weighted by molar-refractivity contribution is -0.152. The smallest absolute Gasteiger partial charge is 0.328 e. The first-order chi connectivity index (χ1) is 13.0. The van der Waals surface area contributed by atoms with Gasteiger partial charge in [0.1, 0.15) is 11.5 Å². The van der Waals surface area contributed by atoms with Crippen LogP contribution >= 0.6 is 0 Å². The van der Waals surface area contributed by atoms with Crippen LogP contribution < -0.4 is 0 Å². The van der Waals surface area contributed by atoms with Crippen molar-refractivity contribution in [2.45, 2.75) is 45.4 Å². The van der Waals surface area contributed by atoms with Crippen LogP contribution in [0.2, 0.25) is 0 Å². The molecule has 2 saturated heterocycles. The van der Waals surface area contributed by atoms with Crippen molar-refractivity contribution in [3.63, 3.8) is 0 Å². The van der Waals surface area contributed by atoms with Gasteiger partial charge in [0.25, 0.3) is 5.91 Å². The number of hydrogen-bond donors (Lipinski definition) is 1. The maximum atomic E-state index is 13.2. The van der Waals surface area contributed by atoms with Crippen molar-refractivity contribution in [2.24, 2.45) is 5.41 Å². The van der Waals surface area contributed by atoms with Crippen LogP contribution in [-0.2, 0) is 14.3 Å². The zero-order valence-corrected chi connectivity index (χ0v) is 16.3. The van der Waals surface area contributed by atoms with Crippen LogP contribution in [0.5, 0.6) is 0 Å². The van der Waals surface area contributed by atoms with E-state index in [0.29, 0.717) is 25.9 Å². The van der Waals surface area contributed by atoms with Gasteiger partial charge in [-0.05, 0) is 24.3 Å². The van der Waals surface area contributed by atoms with E-state index in [-0.39, 0.29) is 18.1 Å². The minimum Gasteiger partial charge on any atom is -0.480 e. The van der Waals surface area contributed by atoms with Crippen molar-refractivity contribution < 1.29 is 28.6 Å². The van der Waals surface area contributed by atoms with Crippen LogP contribution in [0.4, 0.5) is 4.39 Å². The van der Waals surface area contributed by atoms with Crippen molar-refractivity contribution in [2.75, 3.05) is 19.7 Å². The zero-order chi connectivity index (χ0) is 20.7. The third kappa shape index (κ3) is 3.61. The molecule has 0 aromatic heterocycles. The summed E-state index contributed by atoms with van der Waals surface area (Å²) in [7, 11) is 0. The number of halogens is 1. The third-order valence-corrected chi connectivity index (χ3v) is 5.33. The van der Waals surface area contributed by atoms with Crippen LogP contribution in [0.3, 0.4) is 0 Å². The number of ether oxygens (including phenoxy) is 1. The summed E-state index contributed by atoms with van der Waals surface area (Å²) in [5.41, 5.74) is -1.40. The van der Waals surface area contributed by atoms with Crippen LogP contribution in [0.15, 0.2) is 24.3 Å². The first-order valence-corrected chi connectivity index (χ1v) is 9.30. The number of likely N-dealkylation sites (tertiary alicyclic amines) is 1. The summed E-state index contributed by atoms with van der Waals surface area (Å²) in [4.78, 5) is 40.4. The molecule has 7 nitrogen and oxygen atoms in total. The molecule has 0 radical (unpaired) electrons. The fraction of sp³-hybridized carbons (Fsp3) is 0.550. The molecule has 8 heteroatoms. The summed E-state index contributed by atoms with van der Waals surface area (Å²) >= 11 is 0. The van der Waals surface area contributed by atoms with Crippen molar-refractivity contribution in [1.82, 2.24) is 9.80 Å². The number of carbonyl (C=O) groups excluding carboxylic acids is 2. The van der Waals surface area contributed by atoms with Gasteiger partial charge >= 0.3 is 5.97 Å². The average Bonchev–Trinajstić information content (AvgIpc) is 3.00. The van der Waals surface area contributed by atoms with Crippen molar-refractivity contribution in [3.05, 3.63) is 35.6 Å². The Morgan fingerprint density at radius 1 is 1.14 bits per heavy atom. The number of rotatable bonds is 2. The highest BCUT2D eigenvalue weighted by Crippen LogP contribution is 2.39. The Morgan fingerprint density at radius 3 is 2.21 bits per heavy atom. The van der Waals surface area contributed by atoms with Crippen LogP contribution in [0.1, 0.15) is 44.0 Å². The Labute approximate surface area is 163 Å². The first-order valence-electron chi connectivity index (χ1n) is 9.30. The number of carboxylic acid groups (broad SMARTS) is 1. The number of carboxylic acids is 1. The van der Waals surface area contributed by atoms with Gasteiger partial charge in [-0.25, -0.2) is 9.18 Å². The Morgan fingerprint density at radius 2 is 1.71 bits per heavy atom. The van der Waals surface area contributed by atoms with Gasteiger partial charge in [-0.1, -0.05) is 20.8 Å². The highest BCUT2D eigenvalue weighted by atomic mass is 19.1. The van der Waals surface area contributed by atoms with Gasteiger partial charge in [0, 0.05) is 36.9 Å². The standard InChI is InChI=1S/C20H25FN2O5/c1-19(2,3)18(27)22-10-8-20(9-11-22)23(15(12-28-20)17(25)26)16(24)13-4-6-14(21)7-5-13/h4-7,15H,8-12H2,1-3H3,(H,25,26)/t15-/m0/s1. The molecule has 3 rings (SSSR count). The molecule has 2 heterocycles. The number of amides is 2. The summed E-state index contributed by atoms with van der Waals surface area (Å²) in [5.74, 6) is -2.14. The van der Waals surface area contributed by atoms with E-state index in [0.717, 1.165) is 12.1 Å². The first kappa shape index (κ1) is 20.3. The van der Waals surface area contributed by atoms with E-state index in [1.165, 1.54) is 17.0 Å². The summed E-state index contributed by atoms with van der Waals surface area (Å²) in [5, 5.41) is 9.59.